The zero-order valence-corrected chi connectivity index (χ0v) is 19.5. The third-order valence-electron chi connectivity index (χ3n) is 7.21. The van der Waals surface area contributed by atoms with Gasteiger partial charge in [0.2, 0.25) is 0 Å². The van der Waals surface area contributed by atoms with Crippen LogP contribution in [0.1, 0.15) is 60.0 Å². The quantitative estimate of drug-likeness (QED) is 0.440. The number of hydrogen-bond acceptors (Lipinski definition) is 1. The number of carbonyl (C=O) groups excluding carboxylic acids is 1. The van der Waals surface area contributed by atoms with E-state index >= 15 is 0 Å². The number of anilines is 1. The average Bonchev–Trinajstić information content (AvgIpc) is 2.60. The molecule has 4 aliphatic rings. The van der Waals surface area contributed by atoms with Crippen LogP contribution in [0.2, 0.25) is 10.0 Å². The summed E-state index contributed by atoms with van der Waals surface area (Å²) in [6.07, 6.45) is 7.77. The lowest BCUT2D eigenvalue weighted by Crippen LogP contribution is -2.54. The summed E-state index contributed by atoms with van der Waals surface area (Å²) in [7, 11) is 0. The van der Waals surface area contributed by atoms with Gasteiger partial charge in [0.25, 0.3) is 5.91 Å². The van der Waals surface area contributed by atoms with E-state index in [9.17, 15) is 4.79 Å². The Labute approximate surface area is 190 Å². The van der Waals surface area contributed by atoms with E-state index < -0.39 is 0 Å². The third-order valence-corrected chi connectivity index (χ3v) is 8.58. The van der Waals surface area contributed by atoms with Crippen LogP contribution in [0.5, 0.6) is 0 Å². The summed E-state index contributed by atoms with van der Waals surface area (Å²) in [5.74, 6) is 1.46. The first-order valence-electron chi connectivity index (χ1n) is 10.3. The maximum atomic E-state index is 12.8. The minimum Gasteiger partial charge on any atom is -0.322 e. The number of nitrogens with one attached hydrogen (secondary N) is 1. The van der Waals surface area contributed by atoms with Gasteiger partial charge >= 0.3 is 0 Å². The van der Waals surface area contributed by atoms with E-state index in [0.717, 1.165) is 23.1 Å². The van der Waals surface area contributed by atoms with E-state index in [4.69, 9.17) is 23.2 Å². The maximum absolute atomic E-state index is 12.8. The van der Waals surface area contributed by atoms with Crippen LogP contribution in [0.4, 0.5) is 5.69 Å². The topological polar surface area (TPSA) is 29.1 Å². The second-order valence-corrected chi connectivity index (χ2v) is 12.1. The molecule has 2 aromatic rings. The van der Waals surface area contributed by atoms with Gasteiger partial charge in [0.05, 0.1) is 0 Å². The van der Waals surface area contributed by atoms with Crippen LogP contribution in [0.15, 0.2) is 36.4 Å². The number of carbonyl (C=O) groups is 1. The second kappa shape index (κ2) is 7.00. The van der Waals surface area contributed by atoms with Crippen molar-refractivity contribution in [2.75, 3.05) is 5.32 Å². The molecular formula is C24H24BrCl2NO. The fourth-order valence-corrected chi connectivity index (χ4v) is 8.43. The lowest BCUT2D eigenvalue weighted by molar-refractivity contribution is 0.0150. The molecule has 0 saturated heterocycles. The van der Waals surface area contributed by atoms with Gasteiger partial charge in [-0.25, -0.2) is 0 Å². The number of aryl methyl sites for hydroxylation is 1. The van der Waals surface area contributed by atoms with Crippen LogP contribution >= 0.6 is 39.1 Å². The first-order valence-corrected chi connectivity index (χ1v) is 11.9. The van der Waals surface area contributed by atoms with Crippen LogP contribution in [-0.2, 0) is 5.41 Å². The van der Waals surface area contributed by atoms with Gasteiger partial charge in [-0.1, -0.05) is 51.3 Å². The molecule has 4 saturated carbocycles. The molecule has 1 amide bonds. The number of halogens is 3. The number of benzene rings is 2. The Balaban J connectivity index is 1.46. The van der Waals surface area contributed by atoms with Crippen molar-refractivity contribution in [1.29, 1.82) is 0 Å². The standard InChI is InChI=1S/C24H24BrCl2NO/c1-14-2-3-18(23-9-15-4-16(10-23)12-24(25,11-15)13-23)7-21(14)28-22(29)17-5-19(26)8-20(27)6-17/h2-3,5-8,15-16H,4,9-13H2,1H3,(H,28,29)/t15-,16+,23?,24?. The number of alkyl halides is 1. The molecule has 5 heteroatoms. The molecule has 0 spiro atoms. The minimum atomic E-state index is -0.183. The van der Waals surface area contributed by atoms with Gasteiger partial charge < -0.3 is 5.32 Å². The summed E-state index contributed by atoms with van der Waals surface area (Å²) in [4.78, 5) is 12.8. The van der Waals surface area contributed by atoms with E-state index in [1.54, 1.807) is 18.2 Å². The first kappa shape index (κ1) is 19.9. The van der Waals surface area contributed by atoms with Gasteiger partial charge in [-0.2, -0.15) is 0 Å². The summed E-state index contributed by atoms with van der Waals surface area (Å²) in [5.41, 5.74) is 4.03. The summed E-state index contributed by atoms with van der Waals surface area (Å²) >= 11 is 16.3. The second-order valence-electron chi connectivity index (χ2n) is 9.53. The molecule has 29 heavy (non-hydrogen) atoms. The Kier molecular flexibility index (Phi) is 4.81. The van der Waals surface area contributed by atoms with Crippen molar-refractivity contribution >= 4 is 50.7 Å². The molecule has 2 unspecified atom stereocenters. The smallest absolute Gasteiger partial charge is 0.255 e. The molecule has 2 aromatic carbocycles. The van der Waals surface area contributed by atoms with Gasteiger partial charge in [0.15, 0.2) is 0 Å². The summed E-state index contributed by atoms with van der Waals surface area (Å²) in [5, 5.41) is 4.02. The zero-order chi connectivity index (χ0) is 20.4. The van der Waals surface area contributed by atoms with Crippen molar-refractivity contribution in [3.63, 3.8) is 0 Å². The van der Waals surface area contributed by atoms with Gasteiger partial charge in [-0.15, -0.1) is 0 Å². The van der Waals surface area contributed by atoms with Crippen LogP contribution in [0, 0.1) is 18.8 Å². The van der Waals surface area contributed by atoms with Crippen molar-refractivity contribution in [3.05, 3.63) is 63.1 Å². The third kappa shape index (κ3) is 3.64. The zero-order valence-electron chi connectivity index (χ0n) is 16.4. The Hall–Kier alpha value is -1.03. The normalized spacial score (nSPS) is 32.4. The molecule has 2 nitrogen and oxygen atoms in total. The fourth-order valence-electron chi connectivity index (χ4n) is 6.45. The highest BCUT2D eigenvalue weighted by Crippen LogP contribution is 2.65. The van der Waals surface area contributed by atoms with Crippen LogP contribution < -0.4 is 5.32 Å². The lowest BCUT2D eigenvalue weighted by atomic mass is 9.48. The minimum absolute atomic E-state index is 0.183. The van der Waals surface area contributed by atoms with Crippen molar-refractivity contribution in [1.82, 2.24) is 0 Å². The van der Waals surface area contributed by atoms with E-state index in [0.29, 0.717) is 19.9 Å². The van der Waals surface area contributed by atoms with E-state index in [1.807, 2.05) is 6.92 Å². The molecule has 4 aliphatic carbocycles. The number of hydrogen-bond donors (Lipinski definition) is 1. The largest absolute Gasteiger partial charge is 0.322 e. The van der Waals surface area contributed by atoms with Gasteiger partial charge in [0, 0.05) is 25.6 Å². The van der Waals surface area contributed by atoms with E-state index in [1.165, 1.54) is 44.1 Å². The SMILES string of the molecule is Cc1ccc(C23C[C@@H]4C[C@@H](CC(Br)(C4)C2)C3)cc1NC(=O)c1cc(Cl)cc(Cl)c1. The van der Waals surface area contributed by atoms with Gasteiger partial charge in [-0.3, -0.25) is 4.79 Å². The molecule has 4 fully saturated rings. The summed E-state index contributed by atoms with van der Waals surface area (Å²) in [6.45, 7) is 2.04. The molecule has 4 atom stereocenters. The Morgan fingerprint density at radius 2 is 1.69 bits per heavy atom. The van der Waals surface area contributed by atoms with Crippen LogP contribution in [0.25, 0.3) is 0 Å². The highest BCUT2D eigenvalue weighted by Gasteiger charge is 2.57. The van der Waals surface area contributed by atoms with Crippen LogP contribution in [0.3, 0.4) is 0 Å². The Morgan fingerprint density at radius 3 is 2.31 bits per heavy atom. The summed E-state index contributed by atoms with van der Waals surface area (Å²) in [6, 6.07) is 11.6. The summed E-state index contributed by atoms with van der Waals surface area (Å²) < 4.78 is 0.308. The number of amides is 1. The molecule has 6 rings (SSSR count). The molecular weight excluding hydrogens is 469 g/mol. The van der Waals surface area contributed by atoms with Gasteiger partial charge in [-0.05, 0) is 98.1 Å². The molecule has 152 valence electrons. The predicted molar refractivity (Wildman–Crippen MR) is 124 cm³/mol. The highest BCUT2D eigenvalue weighted by atomic mass is 79.9. The monoisotopic (exact) mass is 491 g/mol. The lowest BCUT2D eigenvalue weighted by Gasteiger charge is -2.60. The molecule has 0 aromatic heterocycles. The average molecular weight is 493 g/mol. The maximum Gasteiger partial charge on any atom is 0.255 e. The molecule has 1 N–H and O–H groups in total. The van der Waals surface area contributed by atoms with Crippen LogP contribution in [-0.4, -0.2) is 10.2 Å². The molecule has 0 heterocycles. The van der Waals surface area contributed by atoms with E-state index in [-0.39, 0.29) is 11.3 Å². The highest BCUT2D eigenvalue weighted by molar-refractivity contribution is 9.10. The van der Waals surface area contributed by atoms with Crippen molar-refractivity contribution < 1.29 is 4.79 Å². The molecule has 4 bridgehead atoms. The van der Waals surface area contributed by atoms with Crippen molar-refractivity contribution in [2.45, 2.75) is 55.2 Å². The first-order chi connectivity index (χ1) is 13.7. The number of rotatable bonds is 3. The Morgan fingerprint density at radius 1 is 1.03 bits per heavy atom. The van der Waals surface area contributed by atoms with Crippen molar-refractivity contribution in [2.24, 2.45) is 11.8 Å². The fraction of sp³-hybridized carbons (Fsp3) is 0.458. The molecule has 0 radical (unpaired) electrons. The van der Waals surface area contributed by atoms with Gasteiger partial charge in [0.1, 0.15) is 0 Å². The molecule has 0 aliphatic heterocycles. The predicted octanol–water partition coefficient (Wildman–Crippen LogP) is 7.54. The van der Waals surface area contributed by atoms with Crippen molar-refractivity contribution in [3.8, 4) is 0 Å². The van der Waals surface area contributed by atoms with E-state index in [2.05, 4.69) is 39.4 Å². The Bertz CT molecular complexity index is 970.